The van der Waals surface area contributed by atoms with Crippen molar-refractivity contribution in [1.29, 1.82) is 0 Å². The van der Waals surface area contributed by atoms with Gasteiger partial charge in [-0.2, -0.15) is 0 Å². The molecule has 0 aromatic heterocycles. The summed E-state index contributed by atoms with van der Waals surface area (Å²) >= 11 is 0. The Morgan fingerprint density at radius 3 is 2.74 bits per heavy atom. The van der Waals surface area contributed by atoms with E-state index in [4.69, 9.17) is 9.47 Å². The van der Waals surface area contributed by atoms with Crippen molar-refractivity contribution in [1.82, 2.24) is 0 Å². The highest BCUT2D eigenvalue weighted by molar-refractivity contribution is 6.02. The first-order valence-electron chi connectivity index (χ1n) is 7.21. The molecule has 0 aliphatic heterocycles. The van der Waals surface area contributed by atoms with Crippen molar-refractivity contribution >= 4 is 17.7 Å². The molecule has 0 heterocycles. The summed E-state index contributed by atoms with van der Waals surface area (Å²) < 4.78 is 10.7. The zero-order valence-electron chi connectivity index (χ0n) is 13.1. The quantitative estimate of drug-likeness (QED) is 0.802. The molecule has 0 radical (unpaired) electrons. The van der Waals surface area contributed by atoms with E-state index in [1.54, 1.807) is 37.5 Å². The Morgan fingerprint density at radius 2 is 2.04 bits per heavy atom. The molecule has 0 saturated heterocycles. The number of anilines is 1. The number of benzene rings is 2. The summed E-state index contributed by atoms with van der Waals surface area (Å²) in [4.78, 5) is 11.9. The maximum absolute atomic E-state index is 11.9. The van der Waals surface area contributed by atoms with Gasteiger partial charge in [0.1, 0.15) is 5.75 Å². The number of phenols is 1. The Kier molecular flexibility index (Phi) is 5.63. The fraction of sp³-hybridized carbons (Fsp3) is 0.167. The van der Waals surface area contributed by atoms with Gasteiger partial charge in [0, 0.05) is 17.8 Å². The van der Waals surface area contributed by atoms with E-state index in [9.17, 15) is 9.90 Å². The van der Waals surface area contributed by atoms with E-state index < -0.39 is 0 Å². The molecule has 5 nitrogen and oxygen atoms in total. The van der Waals surface area contributed by atoms with Gasteiger partial charge in [0.25, 0.3) is 0 Å². The second-order valence-corrected chi connectivity index (χ2v) is 4.72. The van der Waals surface area contributed by atoms with Gasteiger partial charge in [0.2, 0.25) is 5.91 Å². The van der Waals surface area contributed by atoms with Gasteiger partial charge in [-0.1, -0.05) is 12.1 Å². The molecule has 2 rings (SSSR count). The Balaban J connectivity index is 2.07. The number of rotatable bonds is 6. The average Bonchev–Trinajstić information content (AvgIpc) is 2.53. The number of aromatic hydroxyl groups is 1. The SMILES string of the molecule is CCOc1cc(/C=C/C(=O)Nc2cccc(O)c2)ccc1OC. The number of carbonyl (C=O) groups is 1. The summed E-state index contributed by atoms with van der Waals surface area (Å²) in [5, 5.41) is 12.0. The van der Waals surface area contributed by atoms with E-state index in [0.29, 0.717) is 23.8 Å². The Bertz CT molecular complexity index is 710. The molecule has 0 unspecified atom stereocenters. The predicted octanol–water partition coefficient (Wildman–Crippen LogP) is 3.45. The Labute approximate surface area is 135 Å². The standard InChI is InChI=1S/C18H19NO4/c1-3-23-17-11-13(7-9-16(17)22-2)8-10-18(21)19-14-5-4-6-15(20)12-14/h4-12,20H,3H2,1-2H3,(H,19,21)/b10-8+. The fourth-order valence-electron chi connectivity index (χ4n) is 2.00. The molecule has 2 aromatic rings. The van der Waals surface area contributed by atoms with Gasteiger partial charge in [-0.3, -0.25) is 4.79 Å². The van der Waals surface area contributed by atoms with Crippen LogP contribution in [-0.2, 0) is 4.79 Å². The molecule has 2 aromatic carbocycles. The molecule has 0 aliphatic carbocycles. The third kappa shape index (κ3) is 4.78. The normalized spacial score (nSPS) is 10.5. The van der Waals surface area contributed by atoms with Crippen LogP contribution in [0.3, 0.4) is 0 Å². The van der Waals surface area contributed by atoms with Crippen LogP contribution in [-0.4, -0.2) is 24.7 Å². The van der Waals surface area contributed by atoms with Gasteiger partial charge in [0.05, 0.1) is 13.7 Å². The number of ether oxygens (including phenoxy) is 2. The van der Waals surface area contributed by atoms with Gasteiger partial charge in [0.15, 0.2) is 11.5 Å². The number of hydrogen-bond donors (Lipinski definition) is 2. The van der Waals surface area contributed by atoms with Crippen LogP contribution in [0.15, 0.2) is 48.5 Å². The van der Waals surface area contributed by atoms with Crippen LogP contribution in [0, 0.1) is 0 Å². The van der Waals surface area contributed by atoms with Crippen LogP contribution in [0.4, 0.5) is 5.69 Å². The molecule has 0 atom stereocenters. The minimum absolute atomic E-state index is 0.100. The van der Waals surface area contributed by atoms with Crippen LogP contribution >= 0.6 is 0 Å². The molecule has 2 N–H and O–H groups in total. The van der Waals surface area contributed by atoms with Crippen molar-refractivity contribution in [3.63, 3.8) is 0 Å². The number of phenolic OH excluding ortho intramolecular Hbond substituents is 1. The first-order chi connectivity index (χ1) is 11.1. The monoisotopic (exact) mass is 313 g/mol. The van der Waals surface area contributed by atoms with E-state index >= 15 is 0 Å². The Hall–Kier alpha value is -2.95. The van der Waals surface area contributed by atoms with Gasteiger partial charge >= 0.3 is 0 Å². The smallest absolute Gasteiger partial charge is 0.248 e. The molecule has 1 amide bonds. The highest BCUT2D eigenvalue weighted by Crippen LogP contribution is 2.28. The number of methoxy groups -OCH3 is 1. The number of amides is 1. The van der Waals surface area contributed by atoms with E-state index in [-0.39, 0.29) is 11.7 Å². The van der Waals surface area contributed by atoms with Crippen molar-refractivity contribution in [2.45, 2.75) is 6.92 Å². The molecule has 120 valence electrons. The lowest BCUT2D eigenvalue weighted by Crippen LogP contribution is -2.07. The average molecular weight is 313 g/mol. The lowest BCUT2D eigenvalue weighted by Gasteiger charge is -2.09. The lowest BCUT2D eigenvalue weighted by molar-refractivity contribution is -0.111. The molecule has 0 spiro atoms. The van der Waals surface area contributed by atoms with Crippen molar-refractivity contribution in [2.75, 3.05) is 19.0 Å². The summed E-state index contributed by atoms with van der Waals surface area (Å²) in [5.41, 5.74) is 1.35. The summed E-state index contributed by atoms with van der Waals surface area (Å²) in [6.45, 7) is 2.42. The minimum Gasteiger partial charge on any atom is -0.508 e. The maximum Gasteiger partial charge on any atom is 0.248 e. The molecule has 0 saturated carbocycles. The van der Waals surface area contributed by atoms with E-state index in [2.05, 4.69) is 5.32 Å². The largest absolute Gasteiger partial charge is 0.508 e. The molecular formula is C18H19NO4. The highest BCUT2D eigenvalue weighted by Gasteiger charge is 2.04. The van der Waals surface area contributed by atoms with Gasteiger partial charge in [-0.25, -0.2) is 0 Å². The maximum atomic E-state index is 11.9. The van der Waals surface area contributed by atoms with Crippen LogP contribution < -0.4 is 14.8 Å². The van der Waals surface area contributed by atoms with Crippen LogP contribution in [0.2, 0.25) is 0 Å². The zero-order valence-corrected chi connectivity index (χ0v) is 13.1. The molecule has 5 heteroatoms. The van der Waals surface area contributed by atoms with Crippen LogP contribution in [0.1, 0.15) is 12.5 Å². The second kappa shape index (κ2) is 7.89. The van der Waals surface area contributed by atoms with E-state index in [1.165, 1.54) is 18.2 Å². The lowest BCUT2D eigenvalue weighted by atomic mass is 10.2. The van der Waals surface area contributed by atoms with Crippen molar-refractivity contribution in [2.24, 2.45) is 0 Å². The van der Waals surface area contributed by atoms with Crippen molar-refractivity contribution in [3.05, 3.63) is 54.1 Å². The van der Waals surface area contributed by atoms with Crippen LogP contribution in [0.5, 0.6) is 17.2 Å². The van der Waals surface area contributed by atoms with E-state index in [1.807, 2.05) is 13.0 Å². The van der Waals surface area contributed by atoms with Crippen molar-refractivity contribution < 1.29 is 19.4 Å². The Morgan fingerprint density at radius 1 is 1.22 bits per heavy atom. The first-order valence-corrected chi connectivity index (χ1v) is 7.21. The predicted molar refractivity (Wildman–Crippen MR) is 89.9 cm³/mol. The molecular weight excluding hydrogens is 294 g/mol. The zero-order chi connectivity index (χ0) is 16.7. The summed E-state index contributed by atoms with van der Waals surface area (Å²) in [5.74, 6) is 1.09. The summed E-state index contributed by atoms with van der Waals surface area (Å²) in [6, 6.07) is 11.8. The second-order valence-electron chi connectivity index (χ2n) is 4.72. The van der Waals surface area contributed by atoms with Gasteiger partial charge in [-0.15, -0.1) is 0 Å². The summed E-state index contributed by atoms with van der Waals surface area (Å²) in [6.07, 6.45) is 3.10. The van der Waals surface area contributed by atoms with Gasteiger partial charge < -0.3 is 19.9 Å². The third-order valence-electron chi connectivity index (χ3n) is 3.03. The topological polar surface area (TPSA) is 67.8 Å². The number of hydrogen-bond acceptors (Lipinski definition) is 4. The van der Waals surface area contributed by atoms with Gasteiger partial charge in [-0.05, 0) is 42.8 Å². The van der Waals surface area contributed by atoms with Crippen LogP contribution in [0.25, 0.3) is 6.08 Å². The third-order valence-corrected chi connectivity index (χ3v) is 3.03. The minimum atomic E-state index is -0.288. The summed E-state index contributed by atoms with van der Waals surface area (Å²) in [7, 11) is 1.58. The number of carbonyl (C=O) groups excluding carboxylic acids is 1. The molecule has 0 bridgehead atoms. The number of nitrogens with one attached hydrogen (secondary N) is 1. The fourth-order valence-corrected chi connectivity index (χ4v) is 2.00. The first kappa shape index (κ1) is 16.4. The molecule has 23 heavy (non-hydrogen) atoms. The molecule has 0 aliphatic rings. The van der Waals surface area contributed by atoms with Crippen molar-refractivity contribution in [3.8, 4) is 17.2 Å². The van der Waals surface area contributed by atoms with E-state index in [0.717, 1.165) is 5.56 Å². The highest BCUT2D eigenvalue weighted by atomic mass is 16.5. The molecule has 0 fully saturated rings.